The zero-order valence-electron chi connectivity index (χ0n) is 51.8. The lowest BCUT2D eigenvalue weighted by Crippen LogP contribution is -2.55. The molecule has 16 atom stereocenters. The molecule has 3 aliphatic rings. The Morgan fingerprint density at radius 3 is 1.09 bits per heavy atom. The number of carbonyl (C=O) groups is 5. The number of aliphatic hydroxyl groups is 9. The molecule has 0 aromatic heterocycles. The summed E-state index contributed by atoms with van der Waals surface area (Å²) in [6.45, 7) is 8.04. The second kappa shape index (κ2) is 41.5. The van der Waals surface area contributed by atoms with E-state index in [0.717, 1.165) is 0 Å². The van der Waals surface area contributed by atoms with Crippen LogP contribution in [0.2, 0.25) is 0 Å². The van der Waals surface area contributed by atoms with Gasteiger partial charge in [-0.25, -0.2) is 4.57 Å². The lowest BCUT2D eigenvalue weighted by molar-refractivity contribution is -0.282. The predicted octanol–water partition coefficient (Wildman–Crippen LogP) is -2.45. The van der Waals surface area contributed by atoms with Crippen LogP contribution in [-0.2, 0) is 80.2 Å². The molecule has 0 spiro atoms. The van der Waals surface area contributed by atoms with Gasteiger partial charge in [-0.3, -0.25) is 33.0 Å². The molecule has 3 heterocycles. The van der Waals surface area contributed by atoms with Crippen LogP contribution in [0.25, 0.3) is 0 Å². The van der Waals surface area contributed by atoms with Gasteiger partial charge in [0, 0.05) is 87.9 Å². The molecule has 0 saturated carbocycles. The van der Waals surface area contributed by atoms with Crippen LogP contribution in [0.3, 0.4) is 0 Å². The standard InChI is InChI=1S/C56H103N4O27P/c1-35-46(69)49(72)39(29-61)84-52(35)80-21-8-17-58-43(66)14-25-77-32-56(28-38(64)12-7-13-42(65)57-20-11-24-83-88(75,76)87-55(4,5)6,33-78-26-15-44(67)59-18-9-22-81-53-36(2)47(70)50(73)40(30-62)85-53)34-79-27-16-45(68)60-19-10-23-82-54-37(3)48(71)51(74)41(31-63)86-54/h35-37,39-41,46-54,61-63,69-74H,7-34H2,1-6H3,(H,57,65)(H,58,66)(H,59,67)(H,60,68)(H,75,76)/t35?,36?,37?,39?,40?,41?,46-,47-,48-,49+,50+,51+,52-,53-,54-,56?/m1/s1. The van der Waals surface area contributed by atoms with Gasteiger partial charge >= 0.3 is 7.82 Å². The SMILES string of the molecule is CC1[C@H](OCCCNC(=O)CCOCC(COCCC(=O)NCCCO[C@@H]2OC(CO)[C@H](O)[C@H](O)C2C)(COCCC(=O)NCCCO[C@@H]2OC(CO)[C@H](O)[C@H](O)C2C)CC(=O)CCCC(=O)NCCCOP(=O)(O)OC(C)(C)C)OC(CO)[C@H](O)[C@@H]1O. The minimum absolute atomic E-state index is 0.0425. The Balaban J connectivity index is 1.63. The summed E-state index contributed by atoms with van der Waals surface area (Å²) in [4.78, 5) is 75.4. The van der Waals surface area contributed by atoms with E-state index in [0.29, 0.717) is 19.3 Å². The highest BCUT2D eigenvalue weighted by molar-refractivity contribution is 7.47. The van der Waals surface area contributed by atoms with Crippen LogP contribution < -0.4 is 21.3 Å². The third-order valence-electron chi connectivity index (χ3n) is 14.7. The first-order valence-corrected chi connectivity index (χ1v) is 31.9. The van der Waals surface area contributed by atoms with Crippen LogP contribution in [0, 0.1) is 23.2 Å². The van der Waals surface area contributed by atoms with Crippen molar-refractivity contribution < 1.29 is 131 Å². The number of Topliss-reactive ketones (excluding diaryl/α,β-unsaturated/α-hetero) is 1. The Labute approximate surface area is 515 Å². The lowest BCUT2D eigenvalue weighted by Gasteiger charge is -2.40. The summed E-state index contributed by atoms with van der Waals surface area (Å²) < 4.78 is 74.3. The van der Waals surface area contributed by atoms with E-state index in [9.17, 15) is 79.4 Å². The summed E-state index contributed by atoms with van der Waals surface area (Å²) >= 11 is 0. The largest absolute Gasteiger partial charge is 0.472 e. The molecule has 3 rings (SSSR count). The molecule has 4 amide bonds. The fourth-order valence-electron chi connectivity index (χ4n) is 9.53. The number of amides is 4. The monoisotopic (exact) mass is 1290 g/mol. The molecule has 0 aromatic rings. The Bertz CT molecular complexity index is 1900. The number of nitrogens with one attached hydrogen (secondary N) is 4. The quantitative estimate of drug-likeness (QED) is 0.0222. The predicted molar refractivity (Wildman–Crippen MR) is 308 cm³/mol. The van der Waals surface area contributed by atoms with Gasteiger partial charge in [-0.2, -0.15) is 0 Å². The first-order valence-electron chi connectivity index (χ1n) is 30.4. The number of phosphoric ester groups is 1. The van der Waals surface area contributed by atoms with Crippen molar-refractivity contribution in [3.05, 3.63) is 0 Å². The van der Waals surface area contributed by atoms with Crippen LogP contribution in [-0.4, -0.2) is 272 Å². The maximum Gasteiger partial charge on any atom is 0.472 e. The molecule has 0 radical (unpaired) electrons. The molecule has 514 valence electrons. The molecule has 3 aliphatic heterocycles. The molecular formula is C56H103N4O27P. The summed E-state index contributed by atoms with van der Waals surface area (Å²) in [5, 5.41) is 101. The number of carbonyl (C=O) groups excluding carboxylic acids is 5. The van der Waals surface area contributed by atoms with Crippen molar-refractivity contribution in [2.75, 3.05) is 112 Å². The summed E-state index contributed by atoms with van der Waals surface area (Å²) in [5.41, 5.74) is -2.19. The third-order valence-corrected chi connectivity index (χ3v) is 16.0. The molecule has 14 N–H and O–H groups in total. The molecule has 3 fully saturated rings. The van der Waals surface area contributed by atoms with Crippen LogP contribution in [0.4, 0.5) is 0 Å². The van der Waals surface area contributed by atoms with Crippen LogP contribution in [0.15, 0.2) is 0 Å². The van der Waals surface area contributed by atoms with Crippen LogP contribution in [0.5, 0.6) is 0 Å². The second-order valence-corrected chi connectivity index (χ2v) is 25.0. The highest BCUT2D eigenvalue weighted by Crippen LogP contribution is 2.47. The van der Waals surface area contributed by atoms with Gasteiger partial charge in [0.05, 0.1) is 110 Å². The van der Waals surface area contributed by atoms with E-state index < -0.39 is 130 Å². The summed E-state index contributed by atoms with van der Waals surface area (Å²) in [6.07, 6.45) is -12.4. The molecule has 0 aromatic carbocycles. The fourth-order valence-corrected chi connectivity index (χ4v) is 10.6. The average molecular weight is 1300 g/mol. The Kier molecular flexibility index (Phi) is 37.4. The minimum atomic E-state index is -4.32. The van der Waals surface area contributed by atoms with E-state index in [4.69, 9.17) is 51.7 Å². The smallest absolute Gasteiger partial charge is 0.394 e. The molecule has 3 saturated heterocycles. The van der Waals surface area contributed by atoms with E-state index >= 15 is 0 Å². The fraction of sp³-hybridized carbons (Fsp3) is 0.911. The highest BCUT2D eigenvalue weighted by atomic mass is 31.2. The number of aliphatic hydroxyl groups excluding tert-OH is 9. The molecule has 0 aliphatic carbocycles. The van der Waals surface area contributed by atoms with E-state index in [2.05, 4.69) is 21.3 Å². The van der Waals surface area contributed by atoms with Crippen molar-refractivity contribution in [2.24, 2.45) is 23.2 Å². The molecule has 31 nitrogen and oxygen atoms in total. The van der Waals surface area contributed by atoms with Gasteiger partial charge in [0.25, 0.3) is 0 Å². The number of rotatable bonds is 45. The zero-order valence-corrected chi connectivity index (χ0v) is 52.7. The Hall–Kier alpha value is -3.06. The van der Waals surface area contributed by atoms with Crippen molar-refractivity contribution in [1.82, 2.24) is 21.3 Å². The van der Waals surface area contributed by atoms with Gasteiger partial charge in [0.1, 0.15) is 42.4 Å². The summed E-state index contributed by atoms with van der Waals surface area (Å²) in [6, 6.07) is 0. The number of hydrogen-bond acceptors (Lipinski definition) is 26. The first kappa shape index (κ1) is 79.2. The van der Waals surface area contributed by atoms with Crippen molar-refractivity contribution in [3.63, 3.8) is 0 Å². The first-order chi connectivity index (χ1) is 41.7. The van der Waals surface area contributed by atoms with Crippen molar-refractivity contribution in [1.29, 1.82) is 0 Å². The van der Waals surface area contributed by atoms with Crippen LogP contribution in [0.1, 0.15) is 112 Å². The summed E-state index contributed by atoms with van der Waals surface area (Å²) in [7, 11) is -4.32. The topological polar surface area (TPSA) is 454 Å². The van der Waals surface area contributed by atoms with E-state index in [1.807, 2.05) is 0 Å². The van der Waals surface area contributed by atoms with Gasteiger partial charge in [0.2, 0.25) is 23.6 Å². The van der Waals surface area contributed by atoms with Crippen molar-refractivity contribution in [3.8, 4) is 0 Å². The lowest BCUT2D eigenvalue weighted by atomic mass is 9.84. The number of ketones is 1. The Morgan fingerprint density at radius 2 is 0.773 bits per heavy atom. The normalized spacial score (nSPS) is 28.9. The number of ether oxygens (including phenoxy) is 9. The van der Waals surface area contributed by atoms with E-state index in [-0.39, 0.29) is 173 Å². The van der Waals surface area contributed by atoms with Gasteiger partial charge in [-0.05, 0) is 52.9 Å². The van der Waals surface area contributed by atoms with Crippen molar-refractivity contribution in [2.45, 2.75) is 192 Å². The summed E-state index contributed by atoms with van der Waals surface area (Å²) in [5.74, 6) is -3.61. The van der Waals surface area contributed by atoms with E-state index in [1.165, 1.54) is 0 Å². The third kappa shape index (κ3) is 29.7. The van der Waals surface area contributed by atoms with Crippen molar-refractivity contribution >= 4 is 37.2 Å². The minimum Gasteiger partial charge on any atom is -0.394 e. The average Bonchev–Trinajstić information content (AvgIpc) is 1.58. The highest BCUT2D eigenvalue weighted by Gasteiger charge is 2.45. The van der Waals surface area contributed by atoms with Gasteiger partial charge < -0.3 is 115 Å². The Morgan fingerprint density at radius 1 is 0.455 bits per heavy atom. The second-order valence-electron chi connectivity index (χ2n) is 23.6. The number of phosphoric acid groups is 1. The zero-order chi connectivity index (χ0) is 65.5. The van der Waals surface area contributed by atoms with Gasteiger partial charge in [-0.1, -0.05) is 20.8 Å². The molecule has 88 heavy (non-hydrogen) atoms. The molecule has 0 bridgehead atoms. The van der Waals surface area contributed by atoms with Gasteiger partial charge in [0.15, 0.2) is 18.9 Å². The van der Waals surface area contributed by atoms with Gasteiger partial charge in [-0.15, -0.1) is 0 Å². The number of hydrogen-bond donors (Lipinski definition) is 14. The molecule has 32 heteroatoms. The van der Waals surface area contributed by atoms with Crippen LogP contribution >= 0.6 is 7.82 Å². The maximum absolute atomic E-state index is 13.9. The maximum atomic E-state index is 13.9. The van der Waals surface area contributed by atoms with E-state index in [1.54, 1.807) is 41.5 Å². The molecule has 7 unspecified atom stereocenters. The molecular weight excluding hydrogens is 1190 g/mol.